The molecule has 0 radical (unpaired) electrons. The van der Waals surface area contributed by atoms with Crippen molar-refractivity contribution in [2.24, 2.45) is 0 Å². The predicted octanol–water partition coefficient (Wildman–Crippen LogP) is 3.48. The third-order valence-electron chi connectivity index (χ3n) is 3.51. The Morgan fingerprint density at radius 2 is 2.05 bits per heavy atom. The minimum Gasteiger partial charge on any atom is -0.394 e. The van der Waals surface area contributed by atoms with Crippen LogP contribution >= 0.6 is 11.8 Å². The first-order valence-electron chi connectivity index (χ1n) is 7.21. The van der Waals surface area contributed by atoms with Crippen LogP contribution in [0.2, 0.25) is 0 Å². The second-order valence-electron chi connectivity index (χ2n) is 5.52. The Hall–Kier alpha value is -1.20. The van der Waals surface area contributed by atoms with E-state index in [1.807, 2.05) is 37.7 Å². The van der Waals surface area contributed by atoms with E-state index in [1.165, 1.54) is 10.5 Å². The largest absolute Gasteiger partial charge is 0.394 e. The van der Waals surface area contributed by atoms with Gasteiger partial charge in [-0.3, -0.25) is 0 Å². The SMILES string of the molecule is Cc1c(CSC(C)C)cccc1NC(=O)N(C)[C@H](C)CO. The van der Waals surface area contributed by atoms with Crippen LogP contribution in [0.15, 0.2) is 18.2 Å². The van der Waals surface area contributed by atoms with E-state index < -0.39 is 0 Å². The van der Waals surface area contributed by atoms with Crippen molar-refractivity contribution >= 4 is 23.5 Å². The highest BCUT2D eigenvalue weighted by atomic mass is 32.2. The summed E-state index contributed by atoms with van der Waals surface area (Å²) < 4.78 is 0. The third kappa shape index (κ3) is 5.25. The molecule has 1 aromatic rings. The molecule has 4 nitrogen and oxygen atoms in total. The molecule has 0 fully saturated rings. The number of aliphatic hydroxyl groups excluding tert-OH is 1. The number of nitrogens with zero attached hydrogens (tertiary/aromatic N) is 1. The second kappa shape index (κ2) is 8.29. The van der Waals surface area contributed by atoms with E-state index >= 15 is 0 Å². The zero-order valence-electron chi connectivity index (χ0n) is 13.5. The van der Waals surface area contributed by atoms with Crippen LogP contribution in [0.4, 0.5) is 10.5 Å². The van der Waals surface area contributed by atoms with Crippen LogP contribution in [-0.2, 0) is 5.75 Å². The fourth-order valence-electron chi connectivity index (χ4n) is 1.76. The van der Waals surface area contributed by atoms with E-state index in [0.29, 0.717) is 5.25 Å². The monoisotopic (exact) mass is 310 g/mol. The maximum Gasteiger partial charge on any atom is 0.321 e. The van der Waals surface area contributed by atoms with Gasteiger partial charge in [0.2, 0.25) is 0 Å². The number of rotatable bonds is 6. The lowest BCUT2D eigenvalue weighted by Crippen LogP contribution is -2.40. The molecule has 1 rings (SSSR count). The number of hydrogen-bond acceptors (Lipinski definition) is 3. The standard InChI is InChI=1S/C16H26N2O2S/c1-11(2)21-10-14-7-6-8-15(13(14)4)17-16(20)18(5)12(3)9-19/h6-8,11-12,19H,9-10H2,1-5H3,(H,17,20)/t12-/m1/s1. The molecule has 0 aliphatic rings. The quantitative estimate of drug-likeness (QED) is 0.846. The Morgan fingerprint density at radius 1 is 1.38 bits per heavy atom. The number of benzene rings is 1. The summed E-state index contributed by atoms with van der Waals surface area (Å²) in [7, 11) is 1.68. The van der Waals surface area contributed by atoms with E-state index in [2.05, 4.69) is 25.2 Å². The number of anilines is 1. The Morgan fingerprint density at radius 3 is 2.62 bits per heavy atom. The minimum atomic E-state index is -0.204. The molecule has 2 N–H and O–H groups in total. The lowest BCUT2D eigenvalue weighted by Gasteiger charge is -2.24. The fraction of sp³-hybridized carbons (Fsp3) is 0.562. The van der Waals surface area contributed by atoms with Crippen molar-refractivity contribution in [1.29, 1.82) is 0 Å². The number of carbonyl (C=O) groups excluding carboxylic acids is 1. The van der Waals surface area contributed by atoms with E-state index in [-0.39, 0.29) is 18.7 Å². The molecule has 21 heavy (non-hydrogen) atoms. The number of hydrogen-bond donors (Lipinski definition) is 2. The maximum atomic E-state index is 12.1. The smallest absolute Gasteiger partial charge is 0.321 e. The maximum absolute atomic E-state index is 12.1. The third-order valence-corrected chi connectivity index (χ3v) is 4.65. The Labute approximate surface area is 131 Å². The van der Waals surface area contributed by atoms with Gasteiger partial charge in [0.1, 0.15) is 0 Å². The van der Waals surface area contributed by atoms with Gasteiger partial charge in [-0.2, -0.15) is 11.8 Å². The fourth-order valence-corrected chi connectivity index (χ4v) is 2.58. The van der Waals surface area contributed by atoms with Crippen LogP contribution < -0.4 is 5.32 Å². The van der Waals surface area contributed by atoms with E-state index in [4.69, 9.17) is 5.11 Å². The van der Waals surface area contributed by atoms with Gasteiger partial charge in [0.05, 0.1) is 12.6 Å². The summed E-state index contributed by atoms with van der Waals surface area (Å²) in [6, 6.07) is 5.57. The number of nitrogens with one attached hydrogen (secondary N) is 1. The van der Waals surface area contributed by atoms with Crippen LogP contribution in [0.5, 0.6) is 0 Å². The van der Waals surface area contributed by atoms with E-state index in [1.54, 1.807) is 7.05 Å². The summed E-state index contributed by atoms with van der Waals surface area (Å²) in [4.78, 5) is 13.6. The Bertz CT molecular complexity index is 477. The van der Waals surface area contributed by atoms with E-state index in [0.717, 1.165) is 17.0 Å². The molecule has 0 saturated heterocycles. The molecule has 1 aromatic carbocycles. The van der Waals surface area contributed by atoms with Gasteiger partial charge in [-0.1, -0.05) is 26.0 Å². The summed E-state index contributed by atoms with van der Waals surface area (Å²) in [5.41, 5.74) is 3.17. The number of amides is 2. The highest BCUT2D eigenvalue weighted by Crippen LogP contribution is 2.25. The number of thioether (sulfide) groups is 1. The van der Waals surface area contributed by atoms with Gasteiger partial charge in [-0.25, -0.2) is 4.79 Å². The van der Waals surface area contributed by atoms with Crippen LogP contribution in [0.1, 0.15) is 31.9 Å². The summed E-state index contributed by atoms with van der Waals surface area (Å²) in [6.07, 6.45) is 0. The zero-order chi connectivity index (χ0) is 16.0. The molecule has 0 aliphatic carbocycles. The number of urea groups is 1. The highest BCUT2D eigenvalue weighted by Gasteiger charge is 2.16. The molecule has 0 aromatic heterocycles. The predicted molar refractivity (Wildman–Crippen MR) is 90.9 cm³/mol. The number of aliphatic hydroxyl groups is 1. The van der Waals surface area contributed by atoms with Crippen molar-refractivity contribution in [1.82, 2.24) is 4.90 Å². The minimum absolute atomic E-state index is 0.0476. The van der Waals surface area contributed by atoms with Gasteiger partial charge in [0, 0.05) is 18.5 Å². The summed E-state index contributed by atoms with van der Waals surface area (Å²) >= 11 is 1.88. The van der Waals surface area contributed by atoms with Crippen LogP contribution in [-0.4, -0.2) is 41.0 Å². The highest BCUT2D eigenvalue weighted by molar-refractivity contribution is 7.99. The molecule has 0 unspecified atom stereocenters. The van der Waals surface area contributed by atoms with Gasteiger partial charge >= 0.3 is 6.03 Å². The first-order valence-corrected chi connectivity index (χ1v) is 8.26. The summed E-state index contributed by atoms with van der Waals surface area (Å²) in [5, 5.41) is 12.6. The first kappa shape index (κ1) is 17.9. The lowest BCUT2D eigenvalue weighted by atomic mass is 10.1. The van der Waals surface area contributed by atoms with Crippen LogP contribution in [0, 0.1) is 6.92 Å². The molecular formula is C16H26N2O2S. The molecule has 0 heterocycles. The van der Waals surface area contributed by atoms with Crippen molar-refractivity contribution in [3.05, 3.63) is 29.3 Å². The number of carbonyl (C=O) groups is 1. The van der Waals surface area contributed by atoms with Crippen molar-refractivity contribution in [2.45, 2.75) is 44.7 Å². The van der Waals surface area contributed by atoms with Gasteiger partial charge in [0.15, 0.2) is 0 Å². The summed E-state index contributed by atoms with van der Waals surface area (Å²) in [5.74, 6) is 0.941. The van der Waals surface area contributed by atoms with Crippen molar-refractivity contribution < 1.29 is 9.90 Å². The van der Waals surface area contributed by atoms with E-state index in [9.17, 15) is 4.79 Å². The topological polar surface area (TPSA) is 52.6 Å². The van der Waals surface area contributed by atoms with Crippen LogP contribution in [0.25, 0.3) is 0 Å². The molecule has 0 spiro atoms. The molecule has 0 bridgehead atoms. The number of likely N-dealkylation sites (N-methyl/N-ethyl adjacent to an activating group) is 1. The molecular weight excluding hydrogens is 284 g/mol. The zero-order valence-corrected chi connectivity index (χ0v) is 14.3. The van der Waals surface area contributed by atoms with Gasteiger partial charge in [-0.15, -0.1) is 0 Å². The molecule has 0 saturated carbocycles. The molecule has 0 aliphatic heterocycles. The molecule has 2 amide bonds. The first-order chi connectivity index (χ1) is 9.86. The second-order valence-corrected chi connectivity index (χ2v) is 7.09. The Kier molecular flexibility index (Phi) is 7.05. The molecule has 118 valence electrons. The van der Waals surface area contributed by atoms with Crippen molar-refractivity contribution in [3.63, 3.8) is 0 Å². The normalized spacial score (nSPS) is 12.3. The summed E-state index contributed by atoms with van der Waals surface area (Å²) in [6.45, 7) is 8.14. The van der Waals surface area contributed by atoms with Gasteiger partial charge in [0.25, 0.3) is 0 Å². The van der Waals surface area contributed by atoms with Gasteiger partial charge in [-0.05, 0) is 36.3 Å². The van der Waals surface area contributed by atoms with Crippen LogP contribution in [0.3, 0.4) is 0 Å². The molecule has 1 atom stereocenters. The Balaban J connectivity index is 2.80. The lowest BCUT2D eigenvalue weighted by molar-refractivity contribution is 0.166. The van der Waals surface area contributed by atoms with Crippen molar-refractivity contribution in [2.75, 3.05) is 19.0 Å². The molecule has 5 heteroatoms. The van der Waals surface area contributed by atoms with Gasteiger partial charge < -0.3 is 15.3 Å². The average Bonchev–Trinajstić information content (AvgIpc) is 2.46. The average molecular weight is 310 g/mol. The van der Waals surface area contributed by atoms with Crippen molar-refractivity contribution in [3.8, 4) is 0 Å².